The summed E-state index contributed by atoms with van der Waals surface area (Å²) < 4.78 is 0. The van der Waals surface area contributed by atoms with Gasteiger partial charge < -0.3 is 10.6 Å². The van der Waals surface area contributed by atoms with E-state index in [0.29, 0.717) is 0 Å². The fourth-order valence-corrected chi connectivity index (χ4v) is 1.64. The fourth-order valence-electron chi connectivity index (χ4n) is 1.64. The van der Waals surface area contributed by atoms with Crippen molar-refractivity contribution in [2.75, 3.05) is 0 Å². The van der Waals surface area contributed by atoms with Gasteiger partial charge in [-0.1, -0.05) is 26.7 Å². The van der Waals surface area contributed by atoms with Gasteiger partial charge in [0.2, 0.25) is 0 Å². The topological polar surface area (TPSA) is 51.7 Å². The standard InChI is InChI=1S/C9H18O.H2O/c1-8(2)6-4-5-7-9(8,3)10;/h10H,4-7H2,1-3H3;1H2. The summed E-state index contributed by atoms with van der Waals surface area (Å²) in [6, 6.07) is 0. The summed E-state index contributed by atoms with van der Waals surface area (Å²) in [4.78, 5) is 0. The van der Waals surface area contributed by atoms with Crippen molar-refractivity contribution in [1.29, 1.82) is 0 Å². The van der Waals surface area contributed by atoms with Crippen LogP contribution in [0, 0.1) is 5.41 Å². The highest BCUT2D eigenvalue weighted by molar-refractivity contribution is 4.92. The van der Waals surface area contributed by atoms with Crippen LogP contribution in [0.15, 0.2) is 0 Å². The molecule has 68 valence electrons. The lowest BCUT2D eigenvalue weighted by molar-refractivity contribution is -0.0812. The maximum atomic E-state index is 9.90. The maximum Gasteiger partial charge on any atom is 0.0670 e. The first-order chi connectivity index (χ1) is 4.46. The van der Waals surface area contributed by atoms with Gasteiger partial charge in [0.15, 0.2) is 0 Å². The maximum absolute atomic E-state index is 9.90. The summed E-state index contributed by atoms with van der Waals surface area (Å²) in [5.41, 5.74) is -0.295. The lowest BCUT2D eigenvalue weighted by Gasteiger charge is -2.44. The molecule has 1 rings (SSSR count). The highest BCUT2D eigenvalue weighted by atomic mass is 16.3. The minimum absolute atomic E-state index is 0. The quantitative estimate of drug-likeness (QED) is 0.573. The minimum atomic E-state index is -0.425. The van der Waals surface area contributed by atoms with Crippen LogP contribution < -0.4 is 0 Å². The van der Waals surface area contributed by atoms with Gasteiger partial charge in [-0.25, -0.2) is 0 Å². The van der Waals surface area contributed by atoms with E-state index in [0.717, 1.165) is 6.42 Å². The van der Waals surface area contributed by atoms with E-state index in [1.165, 1.54) is 19.3 Å². The van der Waals surface area contributed by atoms with Gasteiger partial charge in [-0.2, -0.15) is 0 Å². The molecule has 1 fully saturated rings. The van der Waals surface area contributed by atoms with Crippen LogP contribution in [0.1, 0.15) is 46.5 Å². The van der Waals surface area contributed by atoms with E-state index in [1.807, 2.05) is 6.92 Å². The van der Waals surface area contributed by atoms with Gasteiger partial charge in [0.1, 0.15) is 0 Å². The summed E-state index contributed by atoms with van der Waals surface area (Å²) in [5.74, 6) is 0. The summed E-state index contributed by atoms with van der Waals surface area (Å²) >= 11 is 0. The molecule has 1 unspecified atom stereocenters. The Bertz CT molecular complexity index is 112. The van der Waals surface area contributed by atoms with Crippen molar-refractivity contribution < 1.29 is 10.6 Å². The zero-order valence-corrected chi connectivity index (χ0v) is 7.78. The first kappa shape index (κ1) is 10.9. The van der Waals surface area contributed by atoms with Crippen LogP contribution in [0.3, 0.4) is 0 Å². The van der Waals surface area contributed by atoms with E-state index in [4.69, 9.17) is 0 Å². The van der Waals surface area contributed by atoms with Crippen molar-refractivity contribution in [3.63, 3.8) is 0 Å². The Morgan fingerprint density at radius 1 is 1.00 bits per heavy atom. The van der Waals surface area contributed by atoms with E-state index < -0.39 is 5.60 Å². The van der Waals surface area contributed by atoms with Crippen molar-refractivity contribution in [2.45, 2.75) is 52.1 Å². The Morgan fingerprint density at radius 2 is 1.45 bits per heavy atom. The van der Waals surface area contributed by atoms with Crippen molar-refractivity contribution in [2.24, 2.45) is 5.41 Å². The summed E-state index contributed by atoms with van der Waals surface area (Å²) in [6.45, 7) is 6.28. The van der Waals surface area contributed by atoms with Crippen LogP contribution in [0.4, 0.5) is 0 Å². The van der Waals surface area contributed by atoms with Gasteiger partial charge in [0.05, 0.1) is 5.60 Å². The van der Waals surface area contributed by atoms with Gasteiger partial charge in [-0.3, -0.25) is 0 Å². The molecule has 0 amide bonds. The first-order valence-corrected chi connectivity index (χ1v) is 4.18. The van der Waals surface area contributed by atoms with Crippen molar-refractivity contribution in [3.05, 3.63) is 0 Å². The zero-order valence-electron chi connectivity index (χ0n) is 7.78. The third kappa shape index (κ3) is 1.94. The number of hydrogen-bond acceptors (Lipinski definition) is 1. The minimum Gasteiger partial charge on any atom is -0.412 e. The predicted molar refractivity (Wildman–Crippen MR) is 46.5 cm³/mol. The van der Waals surface area contributed by atoms with Crippen molar-refractivity contribution >= 4 is 0 Å². The Hall–Kier alpha value is -0.0800. The fraction of sp³-hybridized carbons (Fsp3) is 1.00. The smallest absolute Gasteiger partial charge is 0.0670 e. The molecule has 0 bridgehead atoms. The second-order valence-corrected chi connectivity index (χ2v) is 4.36. The Labute approximate surface area is 68.9 Å². The second-order valence-electron chi connectivity index (χ2n) is 4.36. The summed E-state index contributed by atoms with van der Waals surface area (Å²) in [5, 5.41) is 9.90. The van der Waals surface area contributed by atoms with Crippen molar-refractivity contribution in [3.8, 4) is 0 Å². The molecular formula is C9H20O2. The van der Waals surface area contributed by atoms with E-state index in [2.05, 4.69) is 13.8 Å². The predicted octanol–water partition coefficient (Wildman–Crippen LogP) is 1.51. The molecule has 0 heterocycles. The number of hydrogen-bond donors (Lipinski definition) is 1. The number of aliphatic hydroxyl groups is 1. The Kier molecular flexibility index (Phi) is 3.09. The van der Waals surface area contributed by atoms with Crippen LogP contribution in [0.25, 0.3) is 0 Å². The molecule has 3 N–H and O–H groups in total. The molecule has 0 aromatic heterocycles. The van der Waals surface area contributed by atoms with E-state index >= 15 is 0 Å². The van der Waals surface area contributed by atoms with Crippen LogP contribution in [0.2, 0.25) is 0 Å². The Morgan fingerprint density at radius 3 is 1.73 bits per heavy atom. The van der Waals surface area contributed by atoms with Crippen LogP contribution in [-0.2, 0) is 0 Å². The molecule has 0 aromatic carbocycles. The first-order valence-electron chi connectivity index (χ1n) is 4.18. The van der Waals surface area contributed by atoms with Crippen LogP contribution in [-0.4, -0.2) is 16.2 Å². The zero-order chi connectivity index (χ0) is 7.83. The van der Waals surface area contributed by atoms with Gasteiger partial charge >= 0.3 is 0 Å². The average molecular weight is 160 g/mol. The van der Waals surface area contributed by atoms with E-state index in [1.54, 1.807) is 0 Å². The lowest BCUT2D eigenvalue weighted by Crippen LogP contribution is -2.44. The molecule has 1 aliphatic carbocycles. The monoisotopic (exact) mass is 160 g/mol. The molecule has 0 aliphatic heterocycles. The lowest BCUT2D eigenvalue weighted by atomic mass is 9.66. The molecule has 0 radical (unpaired) electrons. The normalized spacial score (nSPS) is 36.0. The molecule has 2 heteroatoms. The summed E-state index contributed by atoms with van der Waals surface area (Å²) in [6.07, 6.45) is 4.61. The molecule has 0 saturated heterocycles. The van der Waals surface area contributed by atoms with Crippen molar-refractivity contribution in [1.82, 2.24) is 0 Å². The molecule has 0 aromatic rings. The largest absolute Gasteiger partial charge is 0.412 e. The van der Waals surface area contributed by atoms with Gasteiger partial charge in [0, 0.05) is 0 Å². The van der Waals surface area contributed by atoms with E-state index in [9.17, 15) is 5.11 Å². The highest BCUT2D eigenvalue weighted by Gasteiger charge is 2.40. The Balaban J connectivity index is 0.000001000. The molecule has 1 aliphatic rings. The average Bonchev–Trinajstić information content (AvgIpc) is 1.77. The van der Waals surface area contributed by atoms with Gasteiger partial charge in [-0.05, 0) is 25.2 Å². The molecular weight excluding hydrogens is 140 g/mol. The third-order valence-corrected chi connectivity index (χ3v) is 3.17. The van der Waals surface area contributed by atoms with E-state index in [-0.39, 0.29) is 10.9 Å². The van der Waals surface area contributed by atoms with Gasteiger partial charge in [-0.15, -0.1) is 0 Å². The molecule has 11 heavy (non-hydrogen) atoms. The molecule has 1 atom stereocenters. The molecule has 1 saturated carbocycles. The van der Waals surface area contributed by atoms with Crippen LogP contribution >= 0.6 is 0 Å². The molecule has 2 nitrogen and oxygen atoms in total. The van der Waals surface area contributed by atoms with Gasteiger partial charge in [0.25, 0.3) is 0 Å². The second kappa shape index (κ2) is 3.11. The molecule has 0 spiro atoms. The summed E-state index contributed by atoms with van der Waals surface area (Å²) in [7, 11) is 0. The third-order valence-electron chi connectivity index (χ3n) is 3.17. The number of rotatable bonds is 0. The van der Waals surface area contributed by atoms with Crippen LogP contribution in [0.5, 0.6) is 0 Å². The highest BCUT2D eigenvalue weighted by Crippen LogP contribution is 2.43. The SMILES string of the molecule is CC1(C)CCCCC1(C)O.O.